The Morgan fingerprint density at radius 1 is 0.750 bits per heavy atom. The Morgan fingerprint density at radius 3 is 1.38 bits per heavy atom. The molecule has 0 spiro atoms. The maximum absolute atomic E-state index is 11.6. The van der Waals surface area contributed by atoms with Gasteiger partial charge in [-0.25, -0.2) is 9.59 Å². The molecule has 0 rings (SSSR count). The van der Waals surface area contributed by atoms with Crippen molar-refractivity contribution in [3.63, 3.8) is 0 Å². The number of hydrogen-bond donors (Lipinski definition) is 4. The number of carbonyl (C=O) groups excluding carboxylic acids is 2. The van der Waals surface area contributed by atoms with Gasteiger partial charge in [-0.2, -0.15) is 0 Å². The van der Waals surface area contributed by atoms with Crippen molar-refractivity contribution in [3.05, 3.63) is 0 Å². The summed E-state index contributed by atoms with van der Waals surface area (Å²) in [5.41, 5.74) is -1.30. The number of nitrogens with one attached hydrogen (secondary N) is 4. The van der Waals surface area contributed by atoms with E-state index in [0.717, 1.165) is 25.7 Å². The summed E-state index contributed by atoms with van der Waals surface area (Å²) in [6, 6.07) is -0.514. The third kappa shape index (κ3) is 11.3. The fourth-order valence-corrected chi connectivity index (χ4v) is 1.74. The zero-order chi connectivity index (χ0) is 18.6. The highest BCUT2D eigenvalue weighted by Crippen LogP contribution is 2.00. The Morgan fingerprint density at radius 2 is 1.08 bits per heavy atom. The van der Waals surface area contributed by atoms with Gasteiger partial charge in [0.15, 0.2) is 0 Å². The summed E-state index contributed by atoms with van der Waals surface area (Å²) in [5.74, 6) is 5.00. The second kappa shape index (κ2) is 10.4. The standard InChI is InChI=1S/C18H30N4O2/c1-7-17(3,4)21-15(23)19-13-11-9-10-12-14-20-16(24)22-18(5,6)8-2/h1-2H,9-14H2,3-6H3,(H2,19,21,23)(H2,20,22,24). The molecule has 4 N–H and O–H groups in total. The Labute approximate surface area is 145 Å². The second-order valence-corrected chi connectivity index (χ2v) is 6.71. The molecule has 0 saturated heterocycles. The number of urea groups is 2. The van der Waals surface area contributed by atoms with E-state index in [1.54, 1.807) is 27.7 Å². The number of hydrogen-bond acceptors (Lipinski definition) is 2. The lowest BCUT2D eigenvalue weighted by Gasteiger charge is -2.20. The van der Waals surface area contributed by atoms with Gasteiger partial charge in [0.1, 0.15) is 0 Å². The van der Waals surface area contributed by atoms with Gasteiger partial charge in [-0.05, 0) is 40.5 Å². The van der Waals surface area contributed by atoms with Gasteiger partial charge < -0.3 is 21.3 Å². The van der Waals surface area contributed by atoms with Crippen LogP contribution in [0.3, 0.4) is 0 Å². The molecule has 4 amide bonds. The molecule has 0 aliphatic heterocycles. The van der Waals surface area contributed by atoms with Crippen LogP contribution in [-0.4, -0.2) is 36.2 Å². The van der Waals surface area contributed by atoms with E-state index in [2.05, 4.69) is 33.1 Å². The minimum atomic E-state index is -0.648. The van der Waals surface area contributed by atoms with Gasteiger partial charge in [0.05, 0.1) is 11.1 Å². The zero-order valence-electron chi connectivity index (χ0n) is 15.2. The highest BCUT2D eigenvalue weighted by molar-refractivity contribution is 5.75. The predicted molar refractivity (Wildman–Crippen MR) is 97.4 cm³/mol. The molecule has 0 atom stereocenters. The van der Waals surface area contributed by atoms with Gasteiger partial charge in [0.2, 0.25) is 0 Å². The average Bonchev–Trinajstić information content (AvgIpc) is 2.49. The summed E-state index contributed by atoms with van der Waals surface area (Å²) in [4.78, 5) is 23.2. The molecule has 24 heavy (non-hydrogen) atoms. The van der Waals surface area contributed by atoms with Crippen LogP contribution in [0.1, 0.15) is 53.4 Å². The molecule has 0 unspecified atom stereocenters. The van der Waals surface area contributed by atoms with Crippen LogP contribution < -0.4 is 21.3 Å². The summed E-state index contributed by atoms with van der Waals surface area (Å²) in [7, 11) is 0. The van der Waals surface area contributed by atoms with E-state index >= 15 is 0 Å². The van der Waals surface area contributed by atoms with E-state index in [1.165, 1.54) is 0 Å². The van der Waals surface area contributed by atoms with Crippen LogP contribution in [0.4, 0.5) is 9.59 Å². The van der Waals surface area contributed by atoms with Crippen LogP contribution in [0.5, 0.6) is 0 Å². The lowest BCUT2D eigenvalue weighted by atomic mass is 10.1. The quantitative estimate of drug-likeness (QED) is 0.384. The summed E-state index contributed by atoms with van der Waals surface area (Å²) in [6.07, 6.45) is 14.3. The summed E-state index contributed by atoms with van der Waals surface area (Å²) in [6.45, 7) is 8.25. The largest absolute Gasteiger partial charge is 0.338 e. The van der Waals surface area contributed by atoms with Gasteiger partial charge in [-0.3, -0.25) is 0 Å². The predicted octanol–water partition coefficient (Wildman–Crippen LogP) is 1.97. The first kappa shape index (κ1) is 21.7. The van der Waals surface area contributed by atoms with Crippen LogP contribution >= 0.6 is 0 Å². The maximum Gasteiger partial charge on any atom is 0.315 e. The Kier molecular flexibility index (Phi) is 9.42. The third-order valence-corrected chi connectivity index (χ3v) is 3.25. The molecule has 0 radical (unpaired) electrons. The Balaban J connectivity index is 3.59. The van der Waals surface area contributed by atoms with Crippen LogP contribution in [0, 0.1) is 24.7 Å². The SMILES string of the molecule is C#CC(C)(C)NC(=O)NCCCCCCNC(=O)NC(C)(C)C#C. The Bertz CT molecular complexity index is 452. The minimum Gasteiger partial charge on any atom is -0.338 e. The first-order chi connectivity index (χ1) is 11.1. The molecule has 6 heteroatoms. The summed E-state index contributed by atoms with van der Waals surface area (Å²) >= 11 is 0. The average molecular weight is 334 g/mol. The molecular weight excluding hydrogens is 304 g/mol. The smallest absolute Gasteiger partial charge is 0.315 e. The van der Waals surface area contributed by atoms with Crippen LogP contribution in [0.25, 0.3) is 0 Å². The zero-order valence-corrected chi connectivity index (χ0v) is 15.2. The fourth-order valence-electron chi connectivity index (χ4n) is 1.74. The molecule has 0 aromatic heterocycles. The summed E-state index contributed by atoms with van der Waals surface area (Å²) in [5, 5.41) is 10.9. The van der Waals surface area contributed by atoms with Crippen molar-refractivity contribution in [2.24, 2.45) is 0 Å². The molecule has 0 heterocycles. The Hall–Kier alpha value is -2.34. The first-order valence-electron chi connectivity index (χ1n) is 8.19. The number of rotatable bonds is 9. The lowest BCUT2D eigenvalue weighted by molar-refractivity contribution is 0.233. The molecule has 6 nitrogen and oxygen atoms in total. The van der Waals surface area contributed by atoms with Gasteiger partial charge in [0.25, 0.3) is 0 Å². The minimum absolute atomic E-state index is 0.257. The number of unbranched alkanes of at least 4 members (excludes halogenated alkanes) is 3. The normalized spacial score (nSPS) is 10.9. The number of terminal acetylenes is 2. The van der Waals surface area contributed by atoms with Crippen molar-refractivity contribution in [1.82, 2.24) is 21.3 Å². The molecule has 0 bridgehead atoms. The summed E-state index contributed by atoms with van der Waals surface area (Å²) < 4.78 is 0. The highest BCUT2D eigenvalue weighted by Gasteiger charge is 2.16. The van der Waals surface area contributed by atoms with Gasteiger partial charge >= 0.3 is 12.1 Å². The van der Waals surface area contributed by atoms with E-state index in [-0.39, 0.29) is 12.1 Å². The van der Waals surface area contributed by atoms with E-state index in [1.807, 2.05) is 0 Å². The van der Waals surface area contributed by atoms with Gasteiger partial charge in [0, 0.05) is 13.1 Å². The molecule has 0 saturated carbocycles. The first-order valence-corrected chi connectivity index (χ1v) is 8.19. The highest BCUT2D eigenvalue weighted by atomic mass is 16.2. The maximum atomic E-state index is 11.6. The van der Waals surface area contributed by atoms with Crippen molar-refractivity contribution in [2.75, 3.05) is 13.1 Å². The van der Waals surface area contributed by atoms with Crippen molar-refractivity contribution >= 4 is 12.1 Å². The molecule has 0 aromatic rings. The molecular formula is C18H30N4O2. The van der Waals surface area contributed by atoms with E-state index in [4.69, 9.17) is 12.8 Å². The molecule has 0 fully saturated rings. The third-order valence-electron chi connectivity index (χ3n) is 3.25. The number of carbonyl (C=O) groups is 2. The van der Waals surface area contributed by atoms with Gasteiger partial charge in [-0.1, -0.05) is 24.7 Å². The second-order valence-electron chi connectivity index (χ2n) is 6.71. The molecule has 134 valence electrons. The monoisotopic (exact) mass is 334 g/mol. The molecule has 0 aromatic carbocycles. The van der Waals surface area contributed by atoms with Crippen LogP contribution in [0.2, 0.25) is 0 Å². The van der Waals surface area contributed by atoms with Crippen LogP contribution in [-0.2, 0) is 0 Å². The fraction of sp³-hybridized carbons (Fsp3) is 0.667. The molecule has 0 aliphatic carbocycles. The van der Waals surface area contributed by atoms with Crippen molar-refractivity contribution in [3.8, 4) is 24.7 Å². The van der Waals surface area contributed by atoms with Crippen LogP contribution in [0.15, 0.2) is 0 Å². The van der Waals surface area contributed by atoms with E-state index in [0.29, 0.717) is 13.1 Å². The topological polar surface area (TPSA) is 82.3 Å². The van der Waals surface area contributed by atoms with Crippen molar-refractivity contribution in [1.29, 1.82) is 0 Å². The van der Waals surface area contributed by atoms with Gasteiger partial charge in [-0.15, -0.1) is 12.8 Å². The van der Waals surface area contributed by atoms with Crippen molar-refractivity contribution < 1.29 is 9.59 Å². The van der Waals surface area contributed by atoms with E-state index < -0.39 is 11.1 Å². The number of amides is 4. The molecule has 0 aliphatic rings. The van der Waals surface area contributed by atoms with E-state index in [9.17, 15) is 9.59 Å². The lowest BCUT2D eigenvalue weighted by Crippen LogP contribution is -2.47. The van der Waals surface area contributed by atoms with Crippen molar-refractivity contribution in [2.45, 2.75) is 64.5 Å².